The van der Waals surface area contributed by atoms with Crippen molar-refractivity contribution < 1.29 is 4.42 Å². The first-order chi connectivity index (χ1) is 15.2. The lowest BCUT2D eigenvalue weighted by molar-refractivity contribution is 0.403. The van der Waals surface area contributed by atoms with Crippen molar-refractivity contribution in [2.75, 3.05) is 22.9 Å². The Morgan fingerprint density at radius 2 is 1.39 bits per heavy atom. The third kappa shape index (κ3) is 4.19. The predicted octanol–water partition coefficient (Wildman–Crippen LogP) is 6.47. The second kappa shape index (κ2) is 8.52. The second-order valence-electron chi connectivity index (χ2n) is 7.86. The van der Waals surface area contributed by atoms with Gasteiger partial charge in [-0.05, 0) is 74.1 Å². The van der Waals surface area contributed by atoms with Crippen LogP contribution in [-0.2, 0) is 0 Å². The van der Waals surface area contributed by atoms with Crippen LogP contribution in [0.2, 0.25) is 0 Å². The molecule has 0 atom stereocenters. The van der Waals surface area contributed by atoms with E-state index >= 15 is 0 Å². The molecule has 1 aliphatic heterocycles. The Morgan fingerprint density at radius 3 is 1.94 bits per heavy atom. The molecule has 0 aliphatic carbocycles. The molecule has 5 heteroatoms. The summed E-state index contributed by atoms with van der Waals surface area (Å²) >= 11 is 1.55. The summed E-state index contributed by atoms with van der Waals surface area (Å²) in [7, 11) is 0. The number of anilines is 2. The highest BCUT2D eigenvalue weighted by atomic mass is 32.2. The van der Waals surface area contributed by atoms with Crippen LogP contribution in [0, 0.1) is 13.8 Å². The van der Waals surface area contributed by atoms with E-state index in [1.165, 1.54) is 22.5 Å². The number of benzene rings is 2. The number of hydrogen-bond acceptors (Lipinski definition) is 5. The van der Waals surface area contributed by atoms with Gasteiger partial charge >= 0.3 is 0 Å². The molecule has 3 heterocycles. The van der Waals surface area contributed by atoms with Crippen LogP contribution >= 0.6 is 11.8 Å². The van der Waals surface area contributed by atoms with E-state index in [0.717, 1.165) is 29.0 Å². The highest BCUT2D eigenvalue weighted by Crippen LogP contribution is 2.40. The van der Waals surface area contributed by atoms with E-state index in [1.807, 2.05) is 24.3 Å². The number of hydrogen-bond donors (Lipinski definition) is 0. The quantitative estimate of drug-likeness (QED) is 0.365. The maximum Gasteiger partial charge on any atom is 0.166 e. The maximum absolute atomic E-state index is 6.36. The molecule has 4 aromatic rings. The fourth-order valence-electron chi connectivity index (χ4n) is 3.99. The van der Waals surface area contributed by atoms with Crippen LogP contribution in [0.3, 0.4) is 0 Å². The lowest BCUT2D eigenvalue weighted by Gasteiger charge is -2.31. The Morgan fingerprint density at radius 1 is 0.774 bits per heavy atom. The van der Waals surface area contributed by atoms with E-state index < -0.39 is 0 Å². The Labute approximate surface area is 187 Å². The fourth-order valence-corrected chi connectivity index (χ4v) is 4.73. The van der Waals surface area contributed by atoms with Crippen LogP contribution in [0.4, 0.5) is 11.4 Å². The van der Waals surface area contributed by atoms with E-state index in [9.17, 15) is 0 Å². The molecular formula is C26H25N3OS. The van der Waals surface area contributed by atoms with Crippen molar-refractivity contribution in [1.29, 1.82) is 0 Å². The molecule has 0 N–H and O–H groups in total. The van der Waals surface area contributed by atoms with Gasteiger partial charge in [-0.25, -0.2) is 4.98 Å². The molecule has 2 aromatic heterocycles. The lowest BCUT2D eigenvalue weighted by atomic mass is 10.2. The van der Waals surface area contributed by atoms with Crippen molar-refractivity contribution in [1.82, 2.24) is 4.98 Å². The van der Waals surface area contributed by atoms with E-state index in [-0.39, 0.29) is 6.17 Å². The van der Waals surface area contributed by atoms with Crippen molar-refractivity contribution in [3.63, 3.8) is 0 Å². The third-order valence-corrected chi connectivity index (χ3v) is 6.47. The molecule has 0 bridgehead atoms. The number of rotatable bonds is 5. The molecule has 0 saturated carbocycles. The Hall–Kier alpha value is -3.18. The van der Waals surface area contributed by atoms with Crippen molar-refractivity contribution >= 4 is 23.1 Å². The Kier molecular flexibility index (Phi) is 5.43. The second-order valence-corrected chi connectivity index (χ2v) is 8.88. The molecule has 4 nitrogen and oxygen atoms in total. The van der Waals surface area contributed by atoms with Gasteiger partial charge in [-0.15, -0.1) is 0 Å². The standard InChI is InChI=1S/C26H25N3OS/c1-19-6-10-21(11-7-19)28-17-18-29(22-12-8-20(2)9-13-22)26(28)23-14-15-25(30-23)31-24-5-3-4-16-27-24/h3-16,26H,17-18H2,1-2H3. The summed E-state index contributed by atoms with van der Waals surface area (Å²) < 4.78 is 6.36. The molecule has 1 aliphatic rings. The van der Waals surface area contributed by atoms with Gasteiger partial charge in [-0.2, -0.15) is 0 Å². The third-order valence-electron chi connectivity index (χ3n) is 5.60. The van der Waals surface area contributed by atoms with Gasteiger partial charge < -0.3 is 14.2 Å². The minimum Gasteiger partial charge on any atom is -0.450 e. The lowest BCUT2D eigenvalue weighted by Crippen LogP contribution is -2.30. The van der Waals surface area contributed by atoms with Crippen LogP contribution in [-0.4, -0.2) is 18.1 Å². The zero-order valence-corrected chi connectivity index (χ0v) is 18.5. The van der Waals surface area contributed by atoms with Gasteiger partial charge in [0.15, 0.2) is 11.3 Å². The van der Waals surface area contributed by atoms with Crippen LogP contribution in [0.25, 0.3) is 0 Å². The molecule has 0 unspecified atom stereocenters. The summed E-state index contributed by atoms with van der Waals surface area (Å²) in [5, 5.41) is 1.79. The van der Waals surface area contributed by atoms with Gasteiger partial charge in [0.25, 0.3) is 0 Å². The van der Waals surface area contributed by atoms with Crippen LogP contribution < -0.4 is 9.80 Å². The van der Waals surface area contributed by atoms with E-state index in [2.05, 4.69) is 83.2 Å². The number of pyridine rings is 1. The summed E-state index contributed by atoms with van der Waals surface area (Å²) in [6.07, 6.45) is 1.81. The van der Waals surface area contributed by atoms with Crippen LogP contribution in [0.15, 0.2) is 99.6 Å². The van der Waals surface area contributed by atoms with Gasteiger partial charge in [0.1, 0.15) is 10.8 Å². The Bertz CT molecular complexity index is 1090. The fraction of sp³-hybridized carbons (Fsp3) is 0.192. The molecule has 0 radical (unpaired) electrons. The smallest absolute Gasteiger partial charge is 0.166 e. The molecule has 1 fully saturated rings. The molecule has 31 heavy (non-hydrogen) atoms. The monoisotopic (exact) mass is 427 g/mol. The summed E-state index contributed by atoms with van der Waals surface area (Å²) in [6, 6.07) is 27.6. The molecule has 0 spiro atoms. The topological polar surface area (TPSA) is 32.5 Å². The molecule has 1 saturated heterocycles. The zero-order valence-electron chi connectivity index (χ0n) is 17.7. The predicted molar refractivity (Wildman–Crippen MR) is 127 cm³/mol. The van der Waals surface area contributed by atoms with Crippen LogP contribution in [0.1, 0.15) is 23.1 Å². The van der Waals surface area contributed by atoms with Crippen molar-refractivity contribution in [2.24, 2.45) is 0 Å². The average molecular weight is 428 g/mol. The zero-order chi connectivity index (χ0) is 21.2. The van der Waals surface area contributed by atoms with Gasteiger partial charge in [0.2, 0.25) is 0 Å². The SMILES string of the molecule is Cc1ccc(N2CCN(c3ccc(C)cc3)C2c2ccc(Sc3ccccn3)o2)cc1. The molecule has 2 aromatic carbocycles. The highest BCUT2D eigenvalue weighted by Gasteiger charge is 2.36. The minimum atomic E-state index is 0.00324. The van der Waals surface area contributed by atoms with E-state index in [0.29, 0.717) is 0 Å². The molecule has 5 rings (SSSR count). The van der Waals surface area contributed by atoms with Gasteiger partial charge in [-0.1, -0.05) is 41.5 Å². The first kappa shape index (κ1) is 19.8. The van der Waals surface area contributed by atoms with Gasteiger partial charge in [-0.3, -0.25) is 0 Å². The number of furan rings is 1. The molecule has 156 valence electrons. The minimum absolute atomic E-state index is 0.00324. The van der Waals surface area contributed by atoms with Gasteiger partial charge in [0.05, 0.1) is 0 Å². The largest absolute Gasteiger partial charge is 0.450 e. The summed E-state index contributed by atoms with van der Waals surface area (Å²) in [4.78, 5) is 9.25. The number of aromatic nitrogens is 1. The molecule has 0 amide bonds. The summed E-state index contributed by atoms with van der Waals surface area (Å²) in [5.41, 5.74) is 4.95. The molecular weight excluding hydrogens is 402 g/mol. The highest BCUT2D eigenvalue weighted by molar-refractivity contribution is 7.99. The summed E-state index contributed by atoms with van der Waals surface area (Å²) in [5.74, 6) is 0.942. The van der Waals surface area contributed by atoms with Gasteiger partial charge in [0, 0.05) is 30.7 Å². The van der Waals surface area contributed by atoms with Crippen LogP contribution in [0.5, 0.6) is 0 Å². The van der Waals surface area contributed by atoms with E-state index in [4.69, 9.17) is 4.42 Å². The number of aryl methyl sites for hydroxylation is 2. The van der Waals surface area contributed by atoms with E-state index in [1.54, 1.807) is 18.0 Å². The number of nitrogens with zero attached hydrogens (tertiary/aromatic N) is 3. The first-order valence-corrected chi connectivity index (χ1v) is 11.3. The normalized spacial score (nSPS) is 14.4. The first-order valence-electron chi connectivity index (χ1n) is 10.5. The summed E-state index contributed by atoms with van der Waals surface area (Å²) in [6.45, 7) is 6.12. The maximum atomic E-state index is 6.36. The van der Waals surface area contributed by atoms with Crippen molar-refractivity contribution in [3.8, 4) is 0 Å². The van der Waals surface area contributed by atoms with Crippen molar-refractivity contribution in [3.05, 3.63) is 102 Å². The Balaban J connectivity index is 1.49. The average Bonchev–Trinajstić information content (AvgIpc) is 3.43. The van der Waals surface area contributed by atoms with Crippen molar-refractivity contribution in [2.45, 2.75) is 30.1 Å².